The molecular weight excluding hydrogens is 348 g/mol. The number of hydrogen-bond acceptors (Lipinski definition) is 6. The van der Waals surface area contributed by atoms with Gasteiger partial charge in [0, 0.05) is 16.7 Å². The van der Waals surface area contributed by atoms with Crippen molar-refractivity contribution >= 4 is 40.5 Å². The van der Waals surface area contributed by atoms with Gasteiger partial charge in [-0.1, -0.05) is 12.1 Å². The van der Waals surface area contributed by atoms with E-state index in [0.29, 0.717) is 6.54 Å². The van der Waals surface area contributed by atoms with Crippen molar-refractivity contribution in [2.24, 2.45) is 0 Å². The Hall–Kier alpha value is -2.19. The number of esters is 1. The number of ether oxygens (including phenoxy) is 1. The Balaban J connectivity index is 1.76. The minimum atomic E-state index is -0.534. The number of amides is 2. The van der Waals surface area contributed by atoms with Crippen molar-refractivity contribution < 1.29 is 19.1 Å². The molecule has 2 amide bonds. The molecule has 1 unspecified atom stereocenters. The minimum Gasteiger partial charge on any atom is -0.456 e. The first kappa shape index (κ1) is 18.2. The van der Waals surface area contributed by atoms with Crippen molar-refractivity contribution in [2.45, 2.75) is 25.9 Å². The van der Waals surface area contributed by atoms with Crippen LogP contribution in [0.25, 0.3) is 0 Å². The van der Waals surface area contributed by atoms with Crippen LogP contribution in [0.4, 0.5) is 0 Å². The SMILES string of the molecule is CC(=O)NC(CC(=O)OCC(=O)NCc1cccs1)c1cccs1. The molecule has 0 saturated heterocycles. The number of rotatable bonds is 8. The molecule has 0 aromatic carbocycles. The summed E-state index contributed by atoms with van der Waals surface area (Å²) in [4.78, 5) is 36.8. The smallest absolute Gasteiger partial charge is 0.308 e. The highest BCUT2D eigenvalue weighted by molar-refractivity contribution is 7.10. The van der Waals surface area contributed by atoms with Gasteiger partial charge >= 0.3 is 5.97 Å². The van der Waals surface area contributed by atoms with Gasteiger partial charge in [0.2, 0.25) is 5.91 Å². The summed E-state index contributed by atoms with van der Waals surface area (Å²) < 4.78 is 4.99. The van der Waals surface area contributed by atoms with Gasteiger partial charge in [-0.3, -0.25) is 14.4 Å². The summed E-state index contributed by atoms with van der Waals surface area (Å²) in [6, 6.07) is 7.06. The van der Waals surface area contributed by atoms with Crippen molar-refractivity contribution in [3.8, 4) is 0 Å². The van der Waals surface area contributed by atoms with Crippen LogP contribution >= 0.6 is 22.7 Å². The quantitative estimate of drug-likeness (QED) is 0.702. The number of thiophene rings is 2. The standard InChI is InChI=1S/C16H18N2O4S2/c1-11(19)18-13(14-5-3-7-24-14)8-16(21)22-10-15(20)17-9-12-4-2-6-23-12/h2-7,13H,8-10H2,1H3,(H,17,20)(H,18,19). The monoisotopic (exact) mass is 366 g/mol. The van der Waals surface area contributed by atoms with Gasteiger partial charge in [-0.15, -0.1) is 22.7 Å². The molecule has 8 heteroatoms. The predicted molar refractivity (Wildman–Crippen MR) is 92.6 cm³/mol. The first-order valence-corrected chi connectivity index (χ1v) is 9.05. The van der Waals surface area contributed by atoms with Gasteiger partial charge < -0.3 is 15.4 Å². The molecule has 2 aromatic rings. The van der Waals surface area contributed by atoms with Crippen LogP contribution in [0.15, 0.2) is 35.0 Å². The van der Waals surface area contributed by atoms with Gasteiger partial charge in [-0.2, -0.15) is 0 Å². The van der Waals surface area contributed by atoms with Crippen LogP contribution in [0.5, 0.6) is 0 Å². The fraction of sp³-hybridized carbons (Fsp3) is 0.312. The molecule has 0 aliphatic carbocycles. The molecule has 2 aromatic heterocycles. The Morgan fingerprint density at radius 2 is 1.92 bits per heavy atom. The molecule has 0 aliphatic rings. The highest BCUT2D eigenvalue weighted by Crippen LogP contribution is 2.22. The second-order valence-corrected chi connectivity index (χ2v) is 7.00. The summed E-state index contributed by atoms with van der Waals surface area (Å²) in [5.41, 5.74) is 0. The van der Waals surface area contributed by atoms with E-state index in [2.05, 4.69) is 10.6 Å². The van der Waals surface area contributed by atoms with Crippen LogP contribution in [0.3, 0.4) is 0 Å². The highest BCUT2D eigenvalue weighted by Gasteiger charge is 2.19. The molecule has 1 atom stereocenters. The fourth-order valence-electron chi connectivity index (χ4n) is 1.98. The summed E-state index contributed by atoms with van der Waals surface area (Å²) in [5.74, 6) is -1.12. The third kappa shape index (κ3) is 6.13. The summed E-state index contributed by atoms with van der Waals surface area (Å²) in [5, 5.41) is 9.19. The van der Waals surface area contributed by atoms with Crippen molar-refractivity contribution in [3.05, 3.63) is 44.8 Å². The maximum atomic E-state index is 11.9. The minimum absolute atomic E-state index is 0.0156. The van der Waals surface area contributed by atoms with E-state index in [1.807, 2.05) is 35.0 Å². The van der Waals surface area contributed by atoms with Gasteiger partial charge in [0.15, 0.2) is 6.61 Å². The predicted octanol–water partition coefficient (Wildman–Crippen LogP) is 2.24. The fourth-order valence-corrected chi connectivity index (χ4v) is 3.40. The Morgan fingerprint density at radius 1 is 1.17 bits per heavy atom. The molecule has 2 heterocycles. The number of carbonyl (C=O) groups is 3. The van der Waals surface area contributed by atoms with Crippen molar-refractivity contribution in [1.82, 2.24) is 10.6 Å². The van der Waals surface area contributed by atoms with Gasteiger partial charge in [0.05, 0.1) is 19.0 Å². The van der Waals surface area contributed by atoms with Crippen LogP contribution in [0, 0.1) is 0 Å². The molecule has 6 nitrogen and oxygen atoms in total. The lowest BCUT2D eigenvalue weighted by Crippen LogP contribution is -2.31. The van der Waals surface area contributed by atoms with Crippen molar-refractivity contribution in [2.75, 3.05) is 6.61 Å². The van der Waals surface area contributed by atoms with E-state index in [1.54, 1.807) is 11.3 Å². The summed E-state index contributed by atoms with van der Waals surface area (Å²) >= 11 is 2.99. The Kier molecular flexibility index (Phi) is 6.95. The van der Waals surface area contributed by atoms with Crippen molar-refractivity contribution in [3.63, 3.8) is 0 Å². The van der Waals surface area contributed by atoms with E-state index in [9.17, 15) is 14.4 Å². The molecule has 128 valence electrons. The second-order valence-electron chi connectivity index (χ2n) is 4.99. The number of hydrogen-bond donors (Lipinski definition) is 2. The summed E-state index contributed by atoms with van der Waals surface area (Å²) in [7, 11) is 0. The Labute approximate surface area is 147 Å². The molecule has 2 rings (SSSR count). The zero-order valence-corrected chi connectivity index (χ0v) is 14.7. The van der Waals surface area contributed by atoms with Gasteiger partial charge in [-0.25, -0.2) is 0 Å². The zero-order valence-electron chi connectivity index (χ0n) is 13.1. The van der Waals surface area contributed by atoms with E-state index in [4.69, 9.17) is 4.74 Å². The first-order valence-electron chi connectivity index (χ1n) is 7.30. The molecular formula is C16H18N2O4S2. The molecule has 0 spiro atoms. The molecule has 0 radical (unpaired) electrons. The lowest BCUT2D eigenvalue weighted by Gasteiger charge is -2.15. The molecule has 0 aliphatic heterocycles. The Morgan fingerprint density at radius 3 is 2.54 bits per heavy atom. The highest BCUT2D eigenvalue weighted by atomic mass is 32.1. The second kappa shape index (κ2) is 9.19. The van der Waals surface area contributed by atoms with Crippen LogP contribution in [0.2, 0.25) is 0 Å². The van der Waals surface area contributed by atoms with Crippen LogP contribution in [0.1, 0.15) is 29.1 Å². The summed E-state index contributed by atoms with van der Waals surface area (Å²) in [6.07, 6.45) is -0.0156. The van der Waals surface area contributed by atoms with Gasteiger partial charge in [0.1, 0.15) is 0 Å². The molecule has 0 fully saturated rings. The number of nitrogens with one attached hydrogen (secondary N) is 2. The molecule has 0 saturated carbocycles. The van der Waals surface area contributed by atoms with E-state index in [1.165, 1.54) is 18.3 Å². The van der Waals surface area contributed by atoms with Crippen molar-refractivity contribution in [1.29, 1.82) is 0 Å². The van der Waals surface area contributed by atoms with E-state index < -0.39 is 12.0 Å². The summed E-state index contributed by atoms with van der Waals surface area (Å²) in [6.45, 7) is 1.48. The lowest BCUT2D eigenvalue weighted by molar-refractivity contribution is -0.149. The maximum absolute atomic E-state index is 11.9. The largest absolute Gasteiger partial charge is 0.456 e. The molecule has 2 N–H and O–H groups in total. The number of carbonyl (C=O) groups excluding carboxylic acids is 3. The topological polar surface area (TPSA) is 84.5 Å². The van der Waals surface area contributed by atoms with E-state index in [0.717, 1.165) is 9.75 Å². The maximum Gasteiger partial charge on any atom is 0.308 e. The third-order valence-electron chi connectivity index (χ3n) is 3.04. The van der Waals surface area contributed by atoms with Crippen LogP contribution < -0.4 is 10.6 Å². The first-order chi connectivity index (χ1) is 11.5. The average molecular weight is 366 g/mol. The average Bonchev–Trinajstić information content (AvgIpc) is 3.22. The third-order valence-corrected chi connectivity index (χ3v) is 4.90. The normalized spacial score (nSPS) is 11.5. The molecule has 24 heavy (non-hydrogen) atoms. The van der Waals surface area contributed by atoms with Crippen LogP contribution in [-0.4, -0.2) is 24.4 Å². The lowest BCUT2D eigenvalue weighted by atomic mass is 10.1. The van der Waals surface area contributed by atoms with E-state index >= 15 is 0 Å². The van der Waals surface area contributed by atoms with Gasteiger partial charge in [0.25, 0.3) is 5.91 Å². The zero-order chi connectivity index (χ0) is 17.4. The molecule has 0 bridgehead atoms. The van der Waals surface area contributed by atoms with E-state index in [-0.39, 0.29) is 24.8 Å². The van der Waals surface area contributed by atoms with Crippen LogP contribution in [-0.2, 0) is 25.7 Å². The Bertz CT molecular complexity index is 668. The van der Waals surface area contributed by atoms with Gasteiger partial charge in [-0.05, 0) is 22.9 Å².